The van der Waals surface area contributed by atoms with E-state index in [1.807, 2.05) is 6.07 Å². The number of aromatic nitrogens is 1. The molecule has 0 aliphatic heterocycles. The second kappa shape index (κ2) is 3.62. The fourth-order valence-electron chi connectivity index (χ4n) is 2.80. The lowest BCUT2D eigenvalue weighted by molar-refractivity contribution is -0.142. The summed E-state index contributed by atoms with van der Waals surface area (Å²) in [5.41, 5.74) is 4.83. The molecule has 0 spiro atoms. The van der Waals surface area contributed by atoms with Crippen molar-refractivity contribution in [2.75, 3.05) is 0 Å². The number of rotatable bonds is 1. The van der Waals surface area contributed by atoms with Gasteiger partial charge in [-0.2, -0.15) is 0 Å². The standard InChI is InChI=1S/C14H15NO2/c1-8-3-2-4-10-11-7-9(14(16)17)5-6-12(11)15-13(8)10/h2-4,9,15H,5-7H2,1H3,(H,16,17). The van der Waals surface area contributed by atoms with Crippen LogP contribution >= 0.6 is 0 Å². The molecule has 0 amide bonds. The Bertz CT molecular complexity index is 598. The third-order valence-electron chi connectivity index (χ3n) is 3.78. The summed E-state index contributed by atoms with van der Waals surface area (Å²) in [7, 11) is 0. The molecule has 3 heteroatoms. The quantitative estimate of drug-likeness (QED) is 0.789. The zero-order chi connectivity index (χ0) is 12.0. The van der Waals surface area contributed by atoms with Gasteiger partial charge in [0.15, 0.2) is 0 Å². The molecule has 1 heterocycles. The van der Waals surface area contributed by atoms with Crippen LogP contribution in [0.4, 0.5) is 0 Å². The van der Waals surface area contributed by atoms with Gasteiger partial charge in [-0.05, 0) is 37.3 Å². The minimum absolute atomic E-state index is 0.220. The summed E-state index contributed by atoms with van der Waals surface area (Å²) in [4.78, 5) is 14.5. The third-order valence-corrected chi connectivity index (χ3v) is 3.78. The van der Waals surface area contributed by atoms with Crippen LogP contribution in [0.15, 0.2) is 18.2 Å². The number of H-pyrrole nitrogens is 1. The zero-order valence-electron chi connectivity index (χ0n) is 9.79. The van der Waals surface area contributed by atoms with E-state index in [1.54, 1.807) is 0 Å². The maximum atomic E-state index is 11.1. The van der Waals surface area contributed by atoms with Crippen molar-refractivity contribution in [3.05, 3.63) is 35.0 Å². The molecule has 0 saturated heterocycles. The molecular weight excluding hydrogens is 214 g/mol. The van der Waals surface area contributed by atoms with Crippen LogP contribution in [0.25, 0.3) is 10.9 Å². The number of aryl methyl sites for hydroxylation is 2. The SMILES string of the molecule is Cc1cccc2c3c([nH]c12)CCC(C(=O)O)C3. The maximum absolute atomic E-state index is 11.1. The van der Waals surface area contributed by atoms with Gasteiger partial charge in [-0.1, -0.05) is 18.2 Å². The van der Waals surface area contributed by atoms with Crippen LogP contribution in [0.3, 0.4) is 0 Å². The summed E-state index contributed by atoms with van der Waals surface area (Å²) in [6.07, 6.45) is 2.25. The lowest BCUT2D eigenvalue weighted by atomic mass is 9.86. The number of aromatic amines is 1. The average molecular weight is 229 g/mol. The molecule has 2 N–H and O–H groups in total. The Balaban J connectivity index is 2.15. The molecule has 3 rings (SSSR count). The molecule has 0 fully saturated rings. The predicted molar refractivity (Wildman–Crippen MR) is 66.2 cm³/mol. The van der Waals surface area contributed by atoms with Gasteiger partial charge in [0, 0.05) is 16.6 Å². The van der Waals surface area contributed by atoms with E-state index in [1.165, 1.54) is 27.7 Å². The van der Waals surface area contributed by atoms with Gasteiger partial charge < -0.3 is 10.1 Å². The van der Waals surface area contributed by atoms with E-state index in [0.717, 1.165) is 12.8 Å². The molecule has 0 saturated carbocycles. The van der Waals surface area contributed by atoms with Crippen LogP contribution in [0.1, 0.15) is 23.2 Å². The highest BCUT2D eigenvalue weighted by Crippen LogP contribution is 2.32. The highest BCUT2D eigenvalue weighted by atomic mass is 16.4. The van der Waals surface area contributed by atoms with Crippen molar-refractivity contribution in [1.82, 2.24) is 4.98 Å². The minimum Gasteiger partial charge on any atom is -0.481 e. The van der Waals surface area contributed by atoms with Crippen LogP contribution in [0, 0.1) is 12.8 Å². The van der Waals surface area contributed by atoms with E-state index in [0.29, 0.717) is 6.42 Å². The molecule has 1 aliphatic carbocycles. The normalized spacial score (nSPS) is 19.2. The summed E-state index contributed by atoms with van der Waals surface area (Å²) in [6.45, 7) is 2.08. The number of fused-ring (bicyclic) bond motifs is 3. The van der Waals surface area contributed by atoms with Crippen LogP contribution in [-0.4, -0.2) is 16.1 Å². The number of hydrogen-bond acceptors (Lipinski definition) is 1. The largest absolute Gasteiger partial charge is 0.481 e. The number of aliphatic carboxylic acids is 1. The molecule has 3 nitrogen and oxygen atoms in total. The number of carboxylic acids is 1. The summed E-state index contributed by atoms with van der Waals surface area (Å²) >= 11 is 0. The number of carboxylic acid groups (broad SMARTS) is 1. The predicted octanol–water partition coefficient (Wildman–Crippen LogP) is 2.67. The summed E-state index contributed by atoms with van der Waals surface area (Å²) < 4.78 is 0. The first-order chi connectivity index (χ1) is 8.16. The van der Waals surface area contributed by atoms with E-state index < -0.39 is 5.97 Å². The van der Waals surface area contributed by atoms with Crippen molar-refractivity contribution >= 4 is 16.9 Å². The van der Waals surface area contributed by atoms with Gasteiger partial charge in [0.2, 0.25) is 0 Å². The summed E-state index contributed by atoms with van der Waals surface area (Å²) in [5.74, 6) is -0.889. The Morgan fingerprint density at radius 2 is 2.29 bits per heavy atom. The van der Waals surface area contributed by atoms with E-state index in [2.05, 4.69) is 24.0 Å². The Kier molecular flexibility index (Phi) is 2.21. The Hall–Kier alpha value is -1.77. The van der Waals surface area contributed by atoms with E-state index in [4.69, 9.17) is 5.11 Å². The van der Waals surface area contributed by atoms with Crippen LogP contribution < -0.4 is 0 Å². The highest BCUT2D eigenvalue weighted by molar-refractivity contribution is 5.88. The highest BCUT2D eigenvalue weighted by Gasteiger charge is 2.27. The van der Waals surface area contributed by atoms with Crippen LogP contribution in [0.5, 0.6) is 0 Å². The van der Waals surface area contributed by atoms with Gasteiger partial charge in [-0.3, -0.25) is 4.79 Å². The molecule has 88 valence electrons. The minimum atomic E-state index is -0.669. The van der Waals surface area contributed by atoms with Gasteiger partial charge in [0.25, 0.3) is 0 Å². The van der Waals surface area contributed by atoms with Crippen molar-refractivity contribution in [2.24, 2.45) is 5.92 Å². The summed E-state index contributed by atoms with van der Waals surface area (Å²) in [6, 6.07) is 6.21. The molecule has 0 radical (unpaired) electrons. The number of carbonyl (C=O) groups is 1. The van der Waals surface area contributed by atoms with E-state index >= 15 is 0 Å². The molecule has 1 aliphatic rings. The molecule has 1 atom stereocenters. The Labute approximate surface area is 99.5 Å². The first-order valence-electron chi connectivity index (χ1n) is 5.98. The number of nitrogens with one attached hydrogen (secondary N) is 1. The number of benzene rings is 1. The van der Waals surface area contributed by atoms with E-state index in [9.17, 15) is 4.79 Å². The topological polar surface area (TPSA) is 53.1 Å². The second-order valence-corrected chi connectivity index (χ2v) is 4.86. The maximum Gasteiger partial charge on any atom is 0.306 e. The van der Waals surface area contributed by atoms with Crippen LogP contribution in [0.2, 0.25) is 0 Å². The first-order valence-corrected chi connectivity index (χ1v) is 5.98. The lowest BCUT2D eigenvalue weighted by Gasteiger charge is -2.18. The molecule has 1 unspecified atom stereocenters. The zero-order valence-corrected chi connectivity index (χ0v) is 9.79. The average Bonchev–Trinajstić information content (AvgIpc) is 2.68. The van der Waals surface area contributed by atoms with Crippen molar-refractivity contribution in [3.8, 4) is 0 Å². The van der Waals surface area contributed by atoms with Gasteiger partial charge >= 0.3 is 5.97 Å². The molecular formula is C14H15NO2. The van der Waals surface area contributed by atoms with Crippen LogP contribution in [-0.2, 0) is 17.6 Å². The molecule has 1 aromatic heterocycles. The summed E-state index contributed by atoms with van der Waals surface area (Å²) in [5, 5.41) is 10.3. The third kappa shape index (κ3) is 1.54. The van der Waals surface area contributed by atoms with E-state index in [-0.39, 0.29) is 5.92 Å². The molecule has 2 aromatic rings. The van der Waals surface area contributed by atoms with Gasteiger partial charge in [-0.25, -0.2) is 0 Å². The van der Waals surface area contributed by atoms with Crippen molar-refractivity contribution in [3.63, 3.8) is 0 Å². The Morgan fingerprint density at radius 3 is 3.06 bits per heavy atom. The van der Waals surface area contributed by atoms with Gasteiger partial charge in [0.1, 0.15) is 0 Å². The monoisotopic (exact) mass is 229 g/mol. The van der Waals surface area contributed by atoms with Gasteiger partial charge in [0.05, 0.1) is 5.92 Å². The van der Waals surface area contributed by atoms with Crippen molar-refractivity contribution in [1.29, 1.82) is 0 Å². The number of hydrogen-bond donors (Lipinski definition) is 2. The fourth-order valence-corrected chi connectivity index (χ4v) is 2.80. The fraction of sp³-hybridized carbons (Fsp3) is 0.357. The Morgan fingerprint density at radius 1 is 1.47 bits per heavy atom. The molecule has 0 bridgehead atoms. The smallest absolute Gasteiger partial charge is 0.306 e. The van der Waals surface area contributed by atoms with Gasteiger partial charge in [-0.15, -0.1) is 0 Å². The van der Waals surface area contributed by atoms with Crippen molar-refractivity contribution in [2.45, 2.75) is 26.2 Å². The number of para-hydroxylation sites is 1. The second-order valence-electron chi connectivity index (χ2n) is 4.86. The molecule has 17 heavy (non-hydrogen) atoms. The van der Waals surface area contributed by atoms with Crippen molar-refractivity contribution < 1.29 is 9.90 Å². The molecule has 1 aromatic carbocycles. The first kappa shape index (κ1) is 10.4. The lowest BCUT2D eigenvalue weighted by Crippen LogP contribution is -2.21.